The van der Waals surface area contributed by atoms with Crippen molar-refractivity contribution < 1.29 is 22.7 Å². The molecule has 10 heteroatoms. The lowest BCUT2D eigenvalue weighted by Crippen LogP contribution is -2.40. The van der Waals surface area contributed by atoms with Gasteiger partial charge in [-0.1, -0.05) is 11.6 Å². The van der Waals surface area contributed by atoms with Crippen LogP contribution < -0.4 is 10.1 Å². The van der Waals surface area contributed by atoms with Gasteiger partial charge in [0.15, 0.2) is 0 Å². The highest BCUT2D eigenvalue weighted by Crippen LogP contribution is 2.29. The number of carbonyl (C=O) groups is 1. The molecule has 1 saturated heterocycles. The van der Waals surface area contributed by atoms with E-state index in [1.807, 2.05) is 0 Å². The van der Waals surface area contributed by atoms with E-state index >= 15 is 0 Å². The highest BCUT2D eigenvalue weighted by Gasteiger charge is 2.27. The van der Waals surface area contributed by atoms with E-state index < -0.39 is 10.0 Å². The lowest BCUT2D eigenvalue weighted by atomic mass is 10.1. The van der Waals surface area contributed by atoms with Gasteiger partial charge in [-0.05, 0) is 36.4 Å². The maximum Gasteiger partial charge on any atom is 0.252 e. The van der Waals surface area contributed by atoms with Crippen molar-refractivity contribution in [3.05, 3.63) is 51.4 Å². The Hall–Kier alpha value is -1.91. The SMILES string of the molecule is O=C(NCc1ccc(S(=O)(=O)N2CCOCC2)s1)C1=Cc2cc(Cl)ccc2OC1. The number of hydrogen-bond acceptors (Lipinski definition) is 6. The van der Waals surface area contributed by atoms with Gasteiger partial charge in [-0.3, -0.25) is 4.79 Å². The number of sulfonamides is 1. The van der Waals surface area contributed by atoms with Gasteiger partial charge in [0.2, 0.25) is 0 Å². The number of fused-ring (bicyclic) bond motifs is 1. The molecule has 0 spiro atoms. The normalized spacial score (nSPS) is 17.2. The van der Waals surface area contributed by atoms with Crippen LogP contribution in [0.3, 0.4) is 0 Å². The maximum atomic E-state index is 12.7. The first-order chi connectivity index (χ1) is 13.9. The number of morpholine rings is 1. The van der Waals surface area contributed by atoms with Crippen molar-refractivity contribution in [2.75, 3.05) is 32.9 Å². The highest BCUT2D eigenvalue weighted by atomic mass is 35.5. The molecule has 3 heterocycles. The molecule has 2 aromatic rings. The average Bonchev–Trinajstić information content (AvgIpc) is 3.22. The zero-order valence-corrected chi connectivity index (χ0v) is 17.8. The van der Waals surface area contributed by atoms with E-state index in [1.54, 1.807) is 36.4 Å². The van der Waals surface area contributed by atoms with Crippen molar-refractivity contribution >= 4 is 44.9 Å². The predicted molar refractivity (Wildman–Crippen MR) is 111 cm³/mol. The number of nitrogens with zero attached hydrogens (tertiary/aromatic N) is 1. The number of amides is 1. The molecule has 7 nitrogen and oxygen atoms in total. The molecule has 1 fully saturated rings. The monoisotopic (exact) mass is 454 g/mol. The molecule has 4 rings (SSSR count). The molecule has 1 amide bonds. The topological polar surface area (TPSA) is 84.9 Å². The van der Waals surface area contributed by atoms with Crippen molar-refractivity contribution in [3.63, 3.8) is 0 Å². The summed E-state index contributed by atoms with van der Waals surface area (Å²) in [5, 5.41) is 3.39. The Labute approximate surface area is 177 Å². The minimum Gasteiger partial charge on any atom is -0.488 e. The van der Waals surface area contributed by atoms with Crippen molar-refractivity contribution in [1.29, 1.82) is 0 Å². The Bertz CT molecular complexity index is 1060. The Kier molecular flexibility index (Phi) is 5.93. The Morgan fingerprint density at radius 2 is 2.00 bits per heavy atom. The molecule has 0 aliphatic carbocycles. The second kappa shape index (κ2) is 8.45. The van der Waals surface area contributed by atoms with Crippen LogP contribution in [0.4, 0.5) is 0 Å². The predicted octanol–water partition coefficient (Wildman–Crippen LogP) is 2.51. The number of rotatable bonds is 5. The zero-order chi connectivity index (χ0) is 20.4. The molecule has 0 unspecified atom stereocenters. The number of carbonyl (C=O) groups excluding carboxylic acids is 1. The molecule has 1 aromatic heterocycles. The van der Waals surface area contributed by atoms with Gasteiger partial charge in [-0.25, -0.2) is 8.42 Å². The summed E-state index contributed by atoms with van der Waals surface area (Å²) in [5.74, 6) is 0.420. The summed E-state index contributed by atoms with van der Waals surface area (Å²) in [7, 11) is -3.52. The summed E-state index contributed by atoms with van der Waals surface area (Å²) in [6.45, 7) is 1.92. The molecule has 29 heavy (non-hydrogen) atoms. The fourth-order valence-corrected chi connectivity index (χ4v) is 6.10. The van der Waals surface area contributed by atoms with Crippen molar-refractivity contribution in [3.8, 4) is 5.75 Å². The number of benzene rings is 1. The molecule has 154 valence electrons. The fraction of sp³-hybridized carbons (Fsp3) is 0.316. The number of halogens is 1. The van der Waals surface area contributed by atoms with E-state index in [0.717, 1.165) is 21.8 Å². The van der Waals surface area contributed by atoms with Crippen LogP contribution in [0, 0.1) is 0 Å². The molecule has 2 aliphatic rings. The quantitative estimate of drug-likeness (QED) is 0.750. The van der Waals surface area contributed by atoms with Gasteiger partial charge in [-0.15, -0.1) is 11.3 Å². The highest BCUT2D eigenvalue weighted by molar-refractivity contribution is 7.91. The van der Waals surface area contributed by atoms with Gasteiger partial charge < -0.3 is 14.8 Å². The van der Waals surface area contributed by atoms with Gasteiger partial charge >= 0.3 is 0 Å². The van der Waals surface area contributed by atoms with Gasteiger partial charge in [0.25, 0.3) is 15.9 Å². The van der Waals surface area contributed by atoms with Crippen LogP contribution in [0.5, 0.6) is 5.75 Å². The molecular weight excluding hydrogens is 436 g/mol. The Morgan fingerprint density at radius 3 is 2.79 bits per heavy atom. The molecule has 1 aromatic carbocycles. The number of thiophene rings is 1. The second-order valence-electron chi connectivity index (χ2n) is 6.56. The maximum absolute atomic E-state index is 12.7. The van der Waals surface area contributed by atoms with Crippen molar-refractivity contribution in [2.45, 2.75) is 10.8 Å². The minimum atomic E-state index is -3.52. The largest absolute Gasteiger partial charge is 0.488 e. The van der Waals surface area contributed by atoms with Crippen LogP contribution >= 0.6 is 22.9 Å². The third kappa shape index (κ3) is 4.49. The number of nitrogens with one attached hydrogen (secondary N) is 1. The minimum absolute atomic E-state index is 0.168. The molecule has 0 atom stereocenters. The van der Waals surface area contributed by atoms with Crippen LogP contribution in [0.25, 0.3) is 6.08 Å². The van der Waals surface area contributed by atoms with Crippen molar-refractivity contribution in [1.82, 2.24) is 9.62 Å². The van der Waals surface area contributed by atoms with Gasteiger partial charge in [0.1, 0.15) is 16.6 Å². The Balaban J connectivity index is 1.40. The third-order valence-corrected chi connectivity index (χ3v) is 8.29. The van der Waals surface area contributed by atoms with E-state index in [4.69, 9.17) is 21.1 Å². The average molecular weight is 455 g/mol. The lowest BCUT2D eigenvalue weighted by Gasteiger charge is -2.25. The molecular formula is C19H19ClN2O5S2. The number of ether oxygens (including phenoxy) is 2. The summed E-state index contributed by atoms with van der Waals surface area (Å²) in [5.41, 5.74) is 1.24. The first-order valence-electron chi connectivity index (χ1n) is 9.01. The van der Waals surface area contributed by atoms with Crippen LogP contribution in [0.15, 0.2) is 40.1 Å². The third-order valence-electron chi connectivity index (χ3n) is 4.60. The molecule has 1 N–H and O–H groups in total. The van der Waals surface area contributed by atoms with E-state index in [1.165, 1.54) is 4.31 Å². The van der Waals surface area contributed by atoms with Crippen LogP contribution in [0.2, 0.25) is 5.02 Å². The standard InChI is InChI=1S/C19H19ClN2O5S2/c20-15-1-3-17-13(10-15)9-14(12-27-17)19(23)21-11-16-2-4-18(28-16)29(24,25)22-5-7-26-8-6-22/h1-4,9-10H,5-8,11-12H2,(H,21,23). The van der Waals surface area contributed by atoms with Crippen LogP contribution in [-0.2, 0) is 26.1 Å². The summed E-state index contributed by atoms with van der Waals surface area (Å²) >= 11 is 7.16. The molecule has 0 radical (unpaired) electrons. The van der Waals surface area contributed by atoms with Gasteiger partial charge in [0.05, 0.1) is 25.3 Å². The van der Waals surface area contributed by atoms with Gasteiger partial charge in [-0.2, -0.15) is 4.31 Å². The van der Waals surface area contributed by atoms with Crippen LogP contribution in [0.1, 0.15) is 10.4 Å². The van der Waals surface area contributed by atoms with E-state index in [2.05, 4.69) is 5.32 Å². The second-order valence-corrected chi connectivity index (χ2v) is 10.3. The van der Waals surface area contributed by atoms with E-state index in [9.17, 15) is 13.2 Å². The lowest BCUT2D eigenvalue weighted by molar-refractivity contribution is -0.117. The van der Waals surface area contributed by atoms with Crippen molar-refractivity contribution in [2.24, 2.45) is 0 Å². The zero-order valence-electron chi connectivity index (χ0n) is 15.4. The van der Waals surface area contributed by atoms with E-state index in [0.29, 0.717) is 42.6 Å². The number of hydrogen-bond donors (Lipinski definition) is 1. The molecule has 0 saturated carbocycles. The molecule has 2 aliphatic heterocycles. The van der Waals surface area contributed by atoms with Gasteiger partial charge in [0, 0.05) is 28.6 Å². The van der Waals surface area contributed by atoms with E-state index in [-0.39, 0.29) is 23.3 Å². The summed E-state index contributed by atoms with van der Waals surface area (Å²) in [4.78, 5) is 13.2. The van der Waals surface area contributed by atoms with Crippen LogP contribution in [-0.4, -0.2) is 51.5 Å². The molecule has 0 bridgehead atoms. The first kappa shape index (κ1) is 20.4. The smallest absolute Gasteiger partial charge is 0.252 e. The fourth-order valence-electron chi connectivity index (χ4n) is 3.07. The Morgan fingerprint density at radius 1 is 1.21 bits per heavy atom. The summed E-state index contributed by atoms with van der Waals surface area (Å²) < 4.78 is 37.9. The summed E-state index contributed by atoms with van der Waals surface area (Å²) in [6.07, 6.45) is 1.75. The summed E-state index contributed by atoms with van der Waals surface area (Å²) in [6, 6.07) is 8.55. The first-order valence-corrected chi connectivity index (χ1v) is 11.6.